The first-order chi connectivity index (χ1) is 9.42. The molecule has 0 atom stereocenters. The van der Waals surface area contributed by atoms with E-state index >= 15 is 0 Å². The molecule has 0 saturated heterocycles. The van der Waals surface area contributed by atoms with Crippen molar-refractivity contribution in [2.24, 2.45) is 0 Å². The fourth-order valence-electron chi connectivity index (χ4n) is 1.70. The van der Waals surface area contributed by atoms with Gasteiger partial charge in [0.2, 0.25) is 0 Å². The van der Waals surface area contributed by atoms with Gasteiger partial charge in [0.05, 0.1) is 7.11 Å². The van der Waals surface area contributed by atoms with Gasteiger partial charge in [0.15, 0.2) is 0 Å². The first kappa shape index (κ1) is 14.1. The maximum atomic E-state index is 12.3. The highest BCUT2D eigenvalue weighted by molar-refractivity contribution is 7.92. The van der Waals surface area contributed by atoms with Crippen LogP contribution in [0.15, 0.2) is 41.3 Å². The van der Waals surface area contributed by atoms with Crippen LogP contribution in [-0.4, -0.2) is 20.5 Å². The molecule has 2 rings (SSSR count). The number of nitrogens with zero attached hydrogens (tertiary/aromatic N) is 1. The van der Waals surface area contributed by atoms with Crippen molar-refractivity contribution < 1.29 is 13.2 Å². The minimum atomic E-state index is -3.78. The lowest BCUT2D eigenvalue weighted by Crippen LogP contribution is -2.15. The van der Waals surface area contributed by atoms with E-state index in [4.69, 9.17) is 10.5 Å². The molecule has 1 heterocycles. The number of rotatable bonds is 4. The number of pyridine rings is 1. The van der Waals surface area contributed by atoms with Crippen molar-refractivity contribution in [3.05, 3.63) is 42.1 Å². The van der Waals surface area contributed by atoms with Crippen molar-refractivity contribution in [1.82, 2.24) is 4.98 Å². The van der Waals surface area contributed by atoms with Gasteiger partial charge in [-0.15, -0.1) is 0 Å². The zero-order valence-corrected chi connectivity index (χ0v) is 11.9. The van der Waals surface area contributed by atoms with E-state index in [0.717, 1.165) is 5.69 Å². The molecule has 6 nitrogen and oxygen atoms in total. The topological polar surface area (TPSA) is 94.3 Å². The molecule has 0 fully saturated rings. The third-order valence-electron chi connectivity index (χ3n) is 2.60. The Balaban J connectivity index is 2.40. The fraction of sp³-hybridized carbons (Fsp3) is 0.154. The monoisotopic (exact) mass is 293 g/mol. The van der Waals surface area contributed by atoms with E-state index < -0.39 is 10.0 Å². The van der Waals surface area contributed by atoms with Gasteiger partial charge in [0, 0.05) is 17.4 Å². The summed E-state index contributed by atoms with van der Waals surface area (Å²) in [5, 5.41) is 0. The summed E-state index contributed by atoms with van der Waals surface area (Å²) in [4.78, 5) is 4.11. The van der Waals surface area contributed by atoms with Crippen LogP contribution in [0.25, 0.3) is 0 Å². The molecule has 1 aromatic carbocycles. The fourth-order valence-corrected chi connectivity index (χ4v) is 2.85. The lowest BCUT2D eigenvalue weighted by molar-refractivity contribution is 0.403. The van der Waals surface area contributed by atoms with Crippen LogP contribution in [0, 0.1) is 6.92 Å². The molecule has 0 aliphatic heterocycles. The Kier molecular flexibility index (Phi) is 3.80. The Morgan fingerprint density at radius 1 is 1.25 bits per heavy atom. The number of nitrogen functional groups attached to an aromatic ring is 1. The molecule has 7 heteroatoms. The molecule has 0 bridgehead atoms. The molecule has 0 spiro atoms. The van der Waals surface area contributed by atoms with E-state index in [1.165, 1.54) is 25.3 Å². The number of benzene rings is 1. The van der Waals surface area contributed by atoms with Gasteiger partial charge < -0.3 is 10.5 Å². The lowest BCUT2D eigenvalue weighted by atomic mass is 10.3. The van der Waals surface area contributed by atoms with Crippen molar-refractivity contribution in [1.29, 1.82) is 0 Å². The summed E-state index contributed by atoms with van der Waals surface area (Å²) in [6.45, 7) is 1.78. The summed E-state index contributed by atoms with van der Waals surface area (Å²) in [7, 11) is -2.40. The lowest BCUT2D eigenvalue weighted by Gasteiger charge is -2.11. The smallest absolute Gasteiger partial charge is 0.266 e. The van der Waals surface area contributed by atoms with E-state index in [2.05, 4.69) is 9.71 Å². The normalized spacial score (nSPS) is 11.1. The van der Waals surface area contributed by atoms with Crippen LogP contribution < -0.4 is 15.2 Å². The number of aromatic nitrogens is 1. The Morgan fingerprint density at radius 3 is 2.65 bits per heavy atom. The van der Waals surface area contributed by atoms with Crippen molar-refractivity contribution >= 4 is 21.5 Å². The number of nitrogens with one attached hydrogen (secondary N) is 1. The highest BCUT2D eigenvalue weighted by Gasteiger charge is 2.20. The number of sulfonamides is 1. The molecule has 2 aromatic rings. The van der Waals surface area contributed by atoms with E-state index in [1.807, 2.05) is 0 Å². The van der Waals surface area contributed by atoms with Gasteiger partial charge in [-0.2, -0.15) is 0 Å². The minimum Gasteiger partial charge on any atom is -0.495 e. The van der Waals surface area contributed by atoms with Crippen LogP contribution in [0.4, 0.5) is 11.5 Å². The maximum Gasteiger partial charge on any atom is 0.266 e. The average Bonchev–Trinajstić information content (AvgIpc) is 2.37. The number of hydrogen-bond acceptors (Lipinski definition) is 5. The van der Waals surface area contributed by atoms with Gasteiger partial charge >= 0.3 is 0 Å². The quantitative estimate of drug-likeness (QED) is 0.838. The molecular weight excluding hydrogens is 278 g/mol. The Bertz CT molecular complexity index is 729. The number of hydrogen-bond donors (Lipinski definition) is 2. The average molecular weight is 293 g/mol. The molecule has 106 valence electrons. The molecule has 0 aliphatic rings. The summed E-state index contributed by atoms with van der Waals surface area (Å²) in [5.41, 5.74) is 6.75. The van der Waals surface area contributed by atoms with Gasteiger partial charge in [-0.1, -0.05) is 6.07 Å². The second-order valence-corrected chi connectivity index (χ2v) is 5.83. The van der Waals surface area contributed by atoms with Crippen molar-refractivity contribution in [3.63, 3.8) is 0 Å². The Labute approximate surface area is 117 Å². The standard InChI is InChI=1S/C13H15N3O3S/c1-9-4-3-5-13(15-9)16-20(17,18)12-7-6-10(14)8-11(12)19-2/h3-8H,14H2,1-2H3,(H,15,16). The first-order valence-electron chi connectivity index (χ1n) is 5.82. The van der Waals surface area contributed by atoms with Gasteiger partial charge in [-0.25, -0.2) is 13.4 Å². The number of methoxy groups -OCH3 is 1. The second-order valence-electron chi connectivity index (χ2n) is 4.18. The van der Waals surface area contributed by atoms with Gasteiger partial charge in [-0.3, -0.25) is 4.72 Å². The first-order valence-corrected chi connectivity index (χ1v) is 7.31. The van der Waals surface area contributed by atoms with Crippen molar-refractivity contribution in [2.45, 2.75) is 11.8 Å². The molecule has 0 saturated carbocycles. The summed E-state index contributed by atoms with van der Waals surface area (Å²) in [6, 6.07) is 9.43. The number of ether oxygens (including phenoxy) is 1. The van der Waals surface area contributed by atoms with Crippen LogP contribution in [0.3, 0.4) is 0 Å². The summed E-state index contributed by atoms with van der Waals surface area (Å²) < 4.78 is 32.1. The third-order valence-corrected chi connectivity index (χ3v) is 4.00. The third kappa shape index (κ3) is 3.00. The minimum absolute atomic E-state index is 0.0116. The van der Waals surface area contributed by atoms with E-state index in [1.54, 1.807) is 25.1 Å². The molecule has 0 radical (unpaired) electrons. The molecule has 0 amide bonds. The van der Waals surface area contributed by atoms with Gasteiger partial charge in [0.25, 0.3) is 10.0 Å². The van der Waals surface area contributed by atoms with Crippen molar-refractivity contribution in [2.75, 3.05) is 17.6 Å². The summed E-state index contributed by atoms with van der Waals surface area (Å²) in [5.74, 6) is 0.439. The predicted molar refractivity (Wildman–Crippen MR) is 77.2 cm³/mol. The van der Waals surface area contributed by atoms with Crippen LogP contribution in [-0.2, 0) is 10.0 Å². The molecule has 20 heavy (non-hydrogen) atoms. The van der Waals surface area contributed by atoms with E-state index in [0.29, 0.717) is 5.69 Å². The van der Waals surface area contributed by atoms with Crippen LogP contribution in [0.1, 0.15) is 5.69 Å². The summed E-state index contributed by atoms with van der Waals surface area (Å²) in [6.07, 6.45) is 0. The highest BCUT2D eigenvalue weighted by Crippen LogP contribution is 2.27. The van der Waals surface area contributed by atoms with Crippen LogP contribution >= 0.6 is 0 Å². The molecule has 1 aromatic heterocycles. The Hall–Kier alpha value is -2.28. The predicted octanol–water partition coefficient (Wildman–Crippen LogP) is 1.78. The molecule has 0 aliphatic carbocycles. The van der Waals surface area contributed by atoms with Crippen LogP contribution in [0.2, 0.25) is 0 Å². The van der Waals surface area contributed by atoms with E-state index in [-0.39, 0.29) is 16.5 Å². The molecular formula is C13H15N3O3S. The van der Waals surface area contributed by atoms with Crippen LogP contribution in [0.5, 0.6) is 5.75 Å². The van der Waals surface area contributed by atoms with Gasteiger partial charge in [-0.05, 0) is 31.2 Å². The van der Waals surface area contributed by atoms with E-state index in [9.17, 15) is 8.42 Å². The number of nitrogens with two attached hydrogens (primary N) is 1. The Morgan fingerprint density at radius 2 is 2.00 bits per heavy atom. The SMILES string of the molecule is COc1cc(N)ccc1S(=O)(=O)Nc1cccc(C)n1. The number of aryl methyl sites for hydroxylation is 1. The second kappa shape index (κ2) is 5.38. The highest BCUT2D eigenvalue weighted by atomic mass is 32.2. The molecule has 0 unspecified atom stereocenters. The van der Waals surface area contributed by atoms with Gasteiger partial charge in [0.1, 0.15) is 16.5 Å². The number of anilines is 2. The molecule has 3 N–H and O–H groups in total. The zero-order chi connectivity index (χ0) is 14.8. The zero-order valence-electron chi connectivity index (χ0n) is 11.1. The summed E-state index contributed by atoms with van der Waals surface area (Å²) >= 11 is 0. The van der Waals surface area contributed by atoms with Crippen molar-refractivity contribution in [3.8, 4) is 5.75 Å². The largest absolute Gasteiger partial charge is 0.495 e. The maximum absolute atomic E-state index is 12.3.